The van der Waals surface area contributed by atoms with Gasteiger partial charge in [-0.25, -0.2) is 8.78 Å². The molecule has 0 aliphatic carbocycles. The van der Waals surface area contributed by atoms with Gasteiger partial charge in [-0.15, -0.1) is 0 Å². The minimum absolute atomic E-state index is 0.0465. The number of carbonyl (C=O) groups is 3. The SMILES string of the molecule is CCN(CC(=O)Nc1c(F)cccc1F)C(=O)[C@H]1CC(=O)N(CCc2ccc(OC)c(OC)c2)C1. The number of likely N-dealkylation sites (N-methyl/N-ethyl adjacent to an activating group) is 1. The number of benzene rings is 2. The third-order valence-corrected chi connectivity index (χ3v) is 5.94. The summed E-state index contributed by atoms with van der Waals surface area (Å²) in [6.45, 7) is 2.20. The highest BCUT2D eigenvalue weighted by atomic mass is 19.1. The van der Waals surface area contributed by atoms with Gasteiger partial charge in [0.05, 0.1) is 26.7 Å². The number of anilines is 1. The average molecular weight is 490 g/mol. The van der Waals surface area contributed by atoms with E-state index in [-0.39, 0.29) is 37.9 Å². The van der Waals surface area contributed by atoms with Gasteiger partial charge in [0, 0.05) is 26.1 Å². The number of hydrogen-bond acceptors (Lipinski definition) is 5. The Balaban J connectivity index is 1.57. The standard InChI is InChI=1S/C25H29F2N3O5/c1-4-29(15-22(31)28-24-18(26)6-5-7-19(24)27)25(33)17-13-23(32)30(14-17)11-10-16-8-9-20(34-2)21(12-16)35-3/h5-9,12,17H,4,10-11,13-15H2,1-3H3,(H,28,31)/t17-/m0/s1. The molecule has 2 aromatic rings. The molecule has 0 unspecified atom stereocenters. The van der Waals surface area contributed by atoms with Gasteiger partial charge in [-0.05, 0) is 43.2 Å². The molecule has 0 bridgehead atoms. The summed E-state index contributed by atoms with van der Waals surface area (Å²) in [5, 5.41) is 2.18. The lowest BCUT2D eigenvalue weighted by molar-refractivity contribution is -0.138. The highest BCUT2D eigenvalue weighted by Crippen LogP contribution is 2.28. The minimum Gasteiger partial charge on any atom is -0.493 e. The molecule has 1 aliphatic rings. The molecule has 1 fully saturated rings. The zero-order valence-electron chi connectivity index (χ0n) is 20.0. The number of carbonyl (C=O) groups excluding carboxylic acids is 3. The van der Waals surface area contributed by atoms with Crippen molar-refractivity contribution >= 4 is 23.4 Å². The van der Waals surface area contributed by atoms with Gasteiger partial charge in [-0.3, -0.25) is 14.4 Å². The second-order valence-corrected chi connectivity index (χ2v) is 8.18. The normalized spacial score (nSPS) is 15.2. The molecule has 0 spiro atoms. The number of ether oxygens (including phenoxy) is 2. The molecule has 10 heteroatoms. The zero-order chi connectivity index (χ0) is 25.5. The summed E-state index contributed by atoms with van der Waals surface area (Å²) in [5.74, 6) is -2.40. The fourth-order valence-corrected chi connectivity index (χ4v) is 4.03. The third-order valence-electron chi connectivity index (χ3n) is 5.94. The van der Waals surface area contributed by atoms with E-state index in [1.54, 1.807) is 32.1 Å². The van der Waals surface area contributed by atoms with E-state index in [0.717, 1.165) is 17.7 Å². The van der Waals surface area contributed by atoms with Crippen LogP contribution in [0.5, 0.6) is 11.5 Å². The van der Waals surface area contributed by atoms with Crippen molar-refractivity contribution in [2.75, 3.05) is 45.7 Å². The molecule has 1 heterocycles. The Kier molecular flexibility index (Phi) is 8.62. The van der Waals surface area contributed by atoms with Crippen LogP contribution in [-0.4, -0.2) is 67.9 Å². The number of hydrogen-bond donors (Lipinski definition) is 1. The summed E-state index contributed by atoms with van der Waals surface area (Å²) < 4.78 is 38.2. The number of rotatable bonds is 10. The van der Waals surface area contributed by atoms with E-state index >= 15 is 0 Å². The third kappa shape index (κ3) is 6.26. The molecular weight excluding hydrogens is 460 g/mol. The van der Waals surface area contributed by atoms with Gasteiger partial charge < -0.3 is 24.6 Å². The molecule has 1 aliphatic heterocycles. The fourth-order valence-electron chi connectivity index (χ4n) is 4.03. The molecule has 0 saturated carbocycles. The van der Waals surface area contributed by atoms with Crippen LogP contribution in [0, 0.1) is 17.6 Å². The van der Waals surface area contributed by atoms with Gasteiger partial charge in [-0.2, -0.15) is 0 Å². The maximum Gasteiger partial charge on any atom is 0.244 e. The van der Waals surface area contributed by atoms with E-state index in [1.165, 1.54) is 11.0 Å². The summed E-state index contributed by atoms with van der Waals surface area (Å²) in [7, 11) is 3.10. The minimum atomic E-state index is -0.903. The number of nitrogens with one attached hydrogen (secondary N) is 1. The number of methoxy groups -OCH3 is 2. The van der Waals surface area contributed by atoms with Crippen LogP contribution in [0.25, 0.3) is 0 Å². The van der Waals surface area contributed by atoms with Crippen molar-refractivity contribution in [1.82, 2.24) is 9.80 Å². The molecule has 1 saturated heterocycles. The number of amides is 3. The molecule has 1 atom stereocenters. The Hall–Kier alpha value is -3.69. The topological polar surface area (TPSA) is 88.2 Å². The Labute approximate surface area is 202 Å². The maximum absolute atomic E-state index is 13.8. The van der Waals surface area contributed by atoms with E-state index in [4.69, 9.17) is 9.47 Å². The summed E-state index contributed by atoms with van der Waals surface area (Å²) in [5.41, 5.74) is 0.399. The average Bonchev–Trinajstić information content (AvgIpc) is 3.23. The molecule has 0 aromatic heterocycles. The van der Waals surface area contributed by atoms with Crippen LogP contribution in [0.3, 0.4) is 0 Å². The van der Waals surface area contributed by atoms with Crippen LogP contribution in [0.1, 0.15) is 18.9 Å². The smallest absolute Gasteiger partial charge is 0.244 e. The van der Waals surface area contributed by atoms with Crippen LogP contribution >= 0.6 is 0 Å². The monoisotopic (exact) mass is 489 g/mol. The number of halogens is 2. The van der Waals surface area contributed by atoms with Crippen molar-refractivity contribution in [3.63, 3.8) is 0 Å². The molecule has 0 radical (unpaired) electrons. The Morgan fingerprint density at radius 2 is 1.80 bits per heavy atom. The molecule has 3 amide bonds. The second kappa shape index (κ2) is 11.6. The van der Waals surface area contributed by atoms with E-state index in [2.05, 4.69) is 5.32 Å². The van der Waals surface area contributed by atoms with Crippen molar-refractivity contribution in [3.05, 3.63) is 53.6 Å². The number of likely N-dealkylation sites (tertiary alicyclic amines) is 1. The van der Waals surface area contributed by atoms with Gasteiger partial charge >= 0.3 is 0 Å². The quantitative estimate of drug-likeness (QED) is 0.555. The predicted molar refractivity (Wildman–Crippen MR) is 125 cm³/mol. The zero-order valence-corrected chi connectivity index (χ0v) is 20.0. The Morgan fingerprint density at radius 1 is 1.11 bits per heavy atom. The summed E-state index contributed by atoms with van der Waals surface area (Å²) in [6, 6.07) is 8.78. The molecule has 1 N–H and O–H groups in total. The van der Waals surface area contributed by atoms with Gasteiger partial charge in [0.25, 0.3) is 0 Å². The van der Waals surface area contributed by atoms with Gasteiger partial charge in [0.15, 0.2) is 11.5 Å². The lowest BCUT2D eigenvalue weighted by atomic mass is 10.1. The fraction of sp³-hybridized carbons (Fsp3) is 0.400. The van der Waals surface area contributed by atoms with E-state index in [1.807, 2.05) is 12.1 Å². The molecule has 3 rings (SSSR count). The van der Waals surface area contributed by atoms with Gasteiger partial charge in [0.1, 0.15) is 17.3 Å². The predicted octanol–water partition coefficient (Wildman–Crippen LogP) is 2.86. The van der Waals surface area contributed by atoms with E-state index < -0.39 is 29.1 Å². The summed E-state index contributed by atoms with van der Waals surface area (Å²) in [4.78, 5) is 40.8. The first-order valence-corrected chi connectivity index (χ1v) is 11.3. The number of nitrogens with zero attached hydrogens (tertiary/aromatic N) is 2. The van der Waals surface area contributed by atoms with Gasteiger partial charge in [-0.1, -0.05) is 12.1 Å². The Morgan fingerprint density at radius 3 is 2.43 bits per heavy atom. The lowest BCUT2D eigenvalue weighted by Crippen LogP contribution is -2.42. The summed E-state index contributed by atoms with van der Waals surface area (Å²) in [6.07, 6.45) is 0.617. The van der Waals surface area contributed by atoms with Crippen molar-refractivity contribution in [2.45, 2.75) is 19.8 Å². The number of para-hydroxylation sites is 1. The van der Waals surface area contributed by atoms with Crippen molar-refractivity contribution in [2.24, 2.45) is 5.92 Å². The maximum atomic E-state index is 13.8. The van der Waals surface area contributed by atoms with Crippen LogP contribution in [0.2, 0.25) is 0 Å². The first-order valence-electron chi connectivity index (χ1n) is 11.3. The van der Waals surface area contributed by atoms with E-state index in [9.17, 15) is 23.2 Å². The molecule has 2 aromatic carbocycles. The Bertz CT molecular complexity index is 1070. The van der Waals surface area contributed by atoms with Crippen LogP contribution in [0.4, 0.5) is 14.5 Å². The summed E-state index contributed by atoms with van der Waals surface area (Å²) >= 11 is 0. The van der Waals surface area contributed by atoms with Crippen LogP contribution in [-0.2, 0) is 20.8 Å². The van der Waals surface area contributed by atoms with E-state index in [0.29, 0.717) is 24.5 Å². The lowest BCUT2D eigenvalue weighted by Gasteiger charge is -2.24. The first kappa shape index (κ1) is 25.9. The van der Waals surface area contributed by atoms with Crippen molar-refractivity contribution in [1.29, 1.82) is 0 Å². The van der Waals surface area contributed by atoms with Crippen molar-refractivity contribution in [3.8, 4) is 11.5 Å². The second-order valence-electron chi connectivity index (χ2n) is 8.18. The highest BCUT2D eigenvalue weighted by Gasteiger charge is 2.36. The molecule has 188 valence electrons. The van der Waals surface area contributed by atoms with Crippen LogP contribution in [0.15, 0.2) is 36.4 Å². The molecule has 8 nitrogen and oxygen atoms in total. The van der Waals surface area contributed by atoms with Gasteiger partial charge in [0.2, 0.25) is 17.7 Å². The highest BCUT2D eigenvalue weighted by molar-refractivity contribution is 5.96. The first-order chi connectivity index (χ1) is 16.8. The van der Waals surface area contributed by atoms with Crippen LogP contribution < -0.4 is 14.8 Å². The molecule has 35 heavy (non-hydrogen) atoms. The van der Waals surface area contributed by atoms with Crippen molar-refractivity contribution < 1.29 is 32.6 Å². The molecular formula is C25H29F2N3O5. The largest absolute Gasteiger partial charge is 0.493 e.